The molecule has 0 amide bonds. The van der Waals surface area contributed by atoms with Crippen LogP contribution in [-0.4, -0.2) is 14.9 Å². The lowest BCUT2D eigenvalue weighted by molar-refractivity contribution is -0.00903. The molecule has 0 aliphatic carbocycles. The summed E-state index contributed by atoms with van der Waals surface area (Å²) in [6.45, 7) is 9.94. The van der Waals surface area contributed by atoms with Crippen molar-refractivity contribution in [2.45, 2.75) is 52.7 Å². The molecule has 0 radical (unpaired) electrons. The molecule has 3 nitrogen and oxygen atoms in total. The molecule has 0 aliphatic heterocycles. The number of aromatic nitrogens is 2. The highest BCUT2D eigenvalue weighted by atomic mass is 35.5. The predicted molar refractivity (Wildman–Crippen MR) is 66.6 cm³/mol. The molecule has 1 N–H and O–H groups in total. The summed E-state index contributed by atoms with van der Waals surface area (Å²) < 4.78 is 1.80. The third-order valence-corrected chi connectivity index (χ3v) is 3.57. The maximum atomic E-state index is 10.6. The van der Waals surface area contributed by atoms with Gasteiger partial charge in [-0.3, -0.25) is 4.68 Å². The lowest BCUT2D eigenvalue weighted by Crippen LogP contribution is -2.33. The zero-order valence-corrected chi connectivity index (χ0v) is 11.4. The first-order valence-electron chi connectivity index (χ1n) is 5.78. The lowest BCUT2D eigenvalue weighted by atomic mass is 9.85. The Hall–Kier alpha value is -0.540. The Kier molecular flexibility index (Phi) is 4.02. The van der Waals surface area contributed by atoms with Crippen molar-refractivity contribution < 1.29 is 5.11 Å². The van der Waals surface area contributed by atoms with Gasteiger partial charge in [-0.05, 0) is 26.7 Å². The standard InChI is InChI=1S/C12H21ClN2O/c1-6-9(4)12(5,16)11-10(13)7-14-15(11)8(2)3/h7-9,16H,6H2,1-5H3. The zero-order valence-electron chi connectivity index (χ0n) is 10.7. The molecular formula is C12H21ClN2O. The molecule has 0 aromatic carbocycles. The summed E-state index contributed by atoms with van der Waals surface area (Å²) in [5.74, 6) is 0.138. The summed E-state index contributed by atoms with van der Waals surface area (Å²) in [6.07, 6.45) is 2.50. The van der Waals surface area contributed by atoms with E-state index >= 15 is 0 Å². The Morgan fingerprint density at radius 1 is 1.50 bits per heavy atom. The van der Waals surface area contributed by atoms with Crippen LogP contribution >= 0.6 is 11.6 Å². The van der Waals surface area contributed by atoms with Gasteiger partial charge in [-0.1, -0.05) is 31.9 Å². The van der Waals surface area contributed by atoms with Gasteiger partial charge in [0.15, 0.2) is 0 Å². The van der Waals surface area contributed by atoms with E-state index < -0.39 is 5.60 Å². The van der Waals surface area contributed by atoms with Crippen molar-refractivity contribution in [3.8, 4) is 0 Å². The highest BCUT2D eigenvalue weighted by molar-refractivity contribution is 6.31. The fourth-order valence-corrected chi connectivity index (χ4v) is 2.16. The Bertz CT molecular complexity index is 358. The molecule has 0 bridgehead atoms. The van der Waals surface area contributed by atoms with Crippen molar-refractivity contribution in [1.29, 1.82) is 0 Å². The molecule has 1 rings (SSSR count). The van der Waals surface area contributed by atoms with Crippen LogP contribution in [-0.2, 0) is 5.60 Å². The largest absolute Gasteiger partial charge is 0.384 e. The summed E-state index contributed by atoms with van der Waals surface area (Å²) in [6, 6.07) is 0.193. The Morgan fingerprint density at radius 2 is 2.06 bits per heavy atom. The number of hydrogen-bond donors (Lipinski definition) is 1. The molecular weight excluding hydrogens is 224 g/mol. The third-order valence-electron chi connectivity index (χ3n) is 3.29. The van der Waals surface area contributed by atoms with Crippen molar-refractivity contribution in [2.24, 2.45) is 5.92 Å². The van der Waals surface area contributed by atoms with E-state index in [4.69, 9.17) is 11.6 Å². The quantitative estimate of drug-likeness (QED) is 0.882. The number of nitrogens with zero attached hydrogens (tertiary/aromatic N) is 2. The first kappa shape index (κ1) is 13.5. The molecule has 0 saturated heterocycles. The third kappa shape index (κ3) is 2.25. The van der Waals surface area contributed by atoms with Crippen LogP contribution in [0.15, 0.2) is 6.20 Å². The van der Waals surface area contributed by atoms with Crippen LogP contribution in [0, 0.1) is 5.92 Å². The minimum absolute atomic E-state index is 0.138. The molecule has 1 heterocycles. The summed E-state index contributed by atoms with van der Waals surface area (Å²) in [5, 5.41) is 15.4. The lowest BCUT2D eigenvalue weighted by Gasteiger charge is -2.31. The van der Waals surface area contributed by atoms with Crippen LogP contribution in [0.1, 0.15) is 52.8 Å². The van der Waals surface area contributed by atoms with E-state index in [0.29, 0.717) is 5.02 Å². The summed E-state index contributed by atoms with van der Waals surface area (Å²) in [5.41, 5.74) is -0.217. The van der Waals surface area contributed by atoms with E-state index in [0.717, 1.165) is 12.1 Å². The van der Waals surface area contributed by atoms with Crippen molar-refractivity contribution in [3.05, 3.63) is 16.9 Å². The van der Waals surface area contributed by atoms with Crippen LogP contribution < -0.4 is 0 Å². The van der Waals surface area contributed by atoms with Crippen LogP contribution in [0.3, 0.4) is 0 Å². The molecule has 1 aromatic heterocycles. The average Bonchev–Trinajstić information content (AvgIpc) is 2.59. The van der Waals surface area contributed by atoms with Crippen molar-refractivity contribution in [3.63, 3.8) is 0 Å². The molecule has 0 spiro atoms. The minimum atomic E-state index is -0.938. The smallest absolute Gasteiger partial charge is 0.107 e. The van der Waals surface area contributed by atoms with E-state index in [1.54, 1.807) is 10.9 Å². The highest BCUT2D eigenvalue weighted by Gasteiger charge is 2.35. The maximum absolute atomic E-state index is 10.6. The first-order chi connectivity index (χ1) is 7.32. The molecule has 92 valence electrons. The van der Waals surface area contributed by atoms with E-state index in [2.05, 4.69) is 12.0 Å². The van der Waals surface area contributed by atoms with Gasteiger partial charge in [0.1, 0.15) is 5.60 Å². The van der Waals surface area contributed by atoms with Crippen LogP contribution in [0.2, 0.25) is 5.02 Å². The summed E-state index contributed by atoms with van der Waals surface area (Å²) in [7, 11) is 0. The van der Waals surface area contributed by atoms with E-state index in [9.17, 15) is 5.11 Å². The Morgan fingerprint density at radius 3 is 2.50 bits per heavy atom. The SMILES string of the molecule is CCC(C)C(C)(O)c1c(Cl)cnn1C(C)C. The fraction of sp³-hybridized carbons (Fsp3) is 0.750. The van der Waals surface area contributed by atoms with Crippen LogP contribution in [0.25, 0.3) is 0 Å². The first-order valence-corrected chi connectivity index (χ1v) is 6.16. The summed E-state index contributed by atoms with van der Waals surface area (Å²) in [4.78, 5) is 0. The van der Waals surface area contributed by atoms with Gasteiger partial charge >= 0.3 is 0 Å². The normalized spacial score (nSPS) is 17.5. The zero-order chi connectivity index (χ0) is 12.5. The van der Waals surface area contributed by atoms with Crippen molar-refractivity contribution in [2.75, 3.05) is 0 Å². The van der Waals surface area contributed by atoms with Gasteiger partial charge in [-0.25, -0.2) is 0 Å². The fourth-order valence-electron chi connectivity index (χ4n) is 1.84. The summed E-state index contributed by atoms with van der Waals surface area (Å²) >= 11 is 6.13. The van der Waals surface area contributed by atoms with Gasteiger partial charge in [-0.15, -0.1) is 0 Å². The number of rotatable bonds is 4. The molecule has 2 unspecified atom stereocenters. The Labute approximate surface area is 102 Å². The van der Waals surface area contributed by atoms with Gasteiger partial charge in [0.05, 0.1) is 16.9 Å². The van der Waals surface area contributed by atoms with Gasteiger partial charge in [0.25, 0.3) is 0 Å². The van der Waals surface area contributed by atoms with Gasteiger partial charge in [-0.2, -0.15) is 5.10 Å². The van der Waals surface area contributed by atoms with Crippen molar-refractivity contribution in [1.82, 2.24) is 9.78 Å². The Balaban J connectivity index is 3.25. The molecule has 2 atom stereocenters. The minimum Gasteiger partial charge on any atom is -0.384 e. The topological polar surface area (TPSA) is 38.1 Å². The number of aliphatic hydroxyl groups is 1. The van der Waals surface area contributed by atoms with Crippen LogP contribution in [0.4, 0.5) is 0 Å². The maximum Gasteiger partial charge on any atom is 0.107 e. The molecule has 1 aromatic rings. The second-order valence-electron chi connectivity index (χ2n) is 4.84. The highest BCUT2D eigenvalue weighted by Crippen LogP contribution is 2.36. The average molecular weight is 245 g/mol. The predicted octanol–water partition coefficient (Wildman–Crippen LogP) is 3.37. The van der Waals surface area contributed by atoms with E-state index in [-0.39, 0.29) is 12.0 Å². The molecule has 16 heavy (non-hydrogen) atoms. The molecule has 4 heteroatoms. The van der Waals surface area contributed by atoms with Gasteiger partial charge in [0.2, 0.25) is 0 Å². The number of hydrogen-bond acceptors (Lipinski definition) is 2. The van der Waals surface area contributed by atoms with Crippen molar-refractivity contribution >= 4 is 11.6 Å². The van der Waals surface area contributed by atoms with Gasteiger partial charge < -0.3 is 5.11 Å². The second kappa shape index (κ2) is 4.76. The monoisotopic (exact) mass is 244 g/mol. The van der Waals surface area contributed by atoms with E-state index in [1.165, 1.54) is 0 Å². The van der Waals surface area contributed by atoms with Gasteiger partial charge in [0, 0.05) is 6.04 Å². The number of halogens is 1. The van der Waals surface area contributed by atoms with E-state index in [1.807, 2.05) is 27.7 Å². The molecule has 0 saturated carbocycles. The molecule has 0 fully saturated rings. The molecule has 0 aliphatic rings. The second-order valence-corrected chi connectivity index (χ2v) is 5.24. The van der Waals surface area contributed by atoms with Crippen LogP contribution in [0.5, 0.6) is 0 Å².